The Kier molecular flexibility index (Phi) is 6.60. The normalized spacial score (nSPS) is 17.8. The van der Waals surface area contributed by atoms with Gasteiger partial charge in [-0.3, -0.25) is 9.69 Å². The van der Waals surface area contributed by atoms with Gasteiger partial charge in [-0.1, -0.05) is 49.2 Å². The summed E-state index contributed by atoms with van der Waals surface area (Å²) >= 11 is 0. The number of benzene rings is 2. The van der Waals surface area contributed by atoms with Crippen molar-refractivity contribution in [3.8, 4) is 5.69 Å². The number of hydrogen-bond acceptors (Lipinski definition) is 3. The van der Waals surface area contributed by atoms with Crippen molar-refractivity contribution in [2.24, 2.45) is 0 Å². The molecular formula is C25H30N4O. The van der Waals surface area contributed by atoms with Crippen molar-refractivity contribution in [3.05, 3.63) is 83.7 Å². The Bertz CT molecular complexity index is 966. The molecule has 30 heavy (non-hydrogen) atoms. The SMILES string of the molecule is Cc1ccn(-c2cccc(C(=O)NC3CCCCCN(Cc4ccccc4)C3)c2)n1. The zero-order chi connectivity index (χ0) is 20.8. The third-order valence-corrected chi connectivity index (χ3v) is 5.69. The molecule has 2 heterocycles. The van der Waals surface area contributed by atoms with Crippen molar-refractivity contribution in [2.75, 3.05) is 13.1 Å². The molecule has 1 aliphatic heterocycles. The summed E-state index contributed by atoms with van der Waals surface area (Å²) in [6.45, 7) is 4.86. The molecule has 1 aliphatic rings. The Morgan fingerprint density at radius 1 is 1.07 bits per heavy atom. The molecule has 1 saturated heterocycles. The Hall–Kier alpha value is -2.92. The first kappa shape index (κ1) is 20.4. The van der Waals surface area contributed by atoms with Crippen LogP contribution in [0.1, 0.15) is 47.3 Å². The maximum Gasteiger partial charge on any atom is 0.251 e. The van der Waals surface area contributed by atoms with Gasteiger partial charge in [-0.25, -0.2) is 4.68 Å². The molecule has 3 aromatic rings. The van der Waals surface area contributed by atoms with E-state index in [1.165, 1.54) is 18.4 Å². The van der Waals surface area contributed by atoms with Crippen molar-refractivity contribution in [1.29, 1.82) is 0 Å². The monoisotopic (exact) mass is 402 g/mol. The number of carbonyl (C=O) groups excluding carboxylic acids is 1. The Labute approximate surface area is 178 Å². The molecule has 0 bridgehead atoms. The summed E-state index contributed by atoms with van der Waals surface area (Å²) in [5.41, 5.74) is 3.86. The van der Waals surface area contributed by atoms with Crippen LogP contribution in [0.3, 0.4) is 0 Å². The number of amides is 1. The van der Waals surface area contributed by atoms with Gasteiger partial charge in [-0.05, 0) is 56.1 Å². The van der Waals surface area contributed by atoms with E-state index in [9.17, 15) is 4.79 Å². The number of rotatable bonds is 5. The second kappa shape index (κ2) is 9.72. The van der Waals surface area contributed by atoms with Crippen molar-refractivity contribution >= 4 is 5.91 Å². The standard InChI is InChI=1S/C25H30N4O/c1-20-14-16-29(27-20)24-13-8-11-22(17-24)25(30)26-23-12-6-3-7-15-28(19-23)18-21-9-4-2-5-10-21/h2,4-5,8-11,13-14,16-17,23H,3,6-7,12,15,18-19H2,1H3,(H,26,30). The van der Waals surface area contributed by atoms with Crippen molar-refractivity contribution in [1.82, 2.24) is 20.0 Å². The first-order valence-corrected chi connectivity index (χ1v) is 10.9. The number of aromatic nitrogens is 2. The van der Waals surface area contributed by atoms with Crippen LogP contribution in [0.5, 0.6) is 0 Å². The first-order valence-electron chi connectivity index (χ1n) is 10.9. The molecule has 0 aliphatic carbocycles. The van der Waals surface area contributed by atoms with Crippen LogP contribution >= 0.6 is 0 Å². The fourth-order valence-corrected chi connectivity index (χ4v) is 4.12. The van der Waals surface area contributed by atoms with Crippen LogP contribution in [-0.2, 0) is 6.54 Å². The number of hydrogen-bond donors (Lipinski definition) is 1. The van der Waals surface area contributed by atoms with E-state index < -0.39 is 0 Å². The summed E-state index contributed by atoms with van der Waals surface area (Å²) in [6.07, 6.45) is 6.54. The Balaban J connectivity index is 1.43. The van der Waals surface area contributed by atoms with Crippen LogP contribution in [0.4, 0.5) is 0 Å². The van der Waals surface area contributed by atoms with Crippen molar-refractivity contribution in [2.45, 2.75) is 45.2 Å². The second-order valence-corrected chi connectivity index (χ2v) is 8.19. The van der Waals surface area contributed by atoms with Gasteiger partial charge in [0.15, 0.2) is 0 Å². The predicted molar refractivity (Wildman–Crippen MR) is 120 cm³/mol. The maximum atomic E-state index is 13.0. The predicted octanol–water partition coefficient (Wildman–Crippen LogP) is 4.36. The highest BCUT2D eigenvalue weighted by molar-refractivity contribution is 5.94. The Morgan fingerprint density at radius 2 is 1.93 bits per heavy atom. The molecule has 1 N–H and O–H groups in total. The minimum atomic E-state index is -0.00837. The van der Waals surface area contributed by atoms with Gasteiger partial charge in [0.05, 0.1) is 11.4 Å². The summed E-state index contributed by atoms with van der Waals surface area (Å²) in [4.78, 5) is 15.5. The van der Waals surface area contributed by atoms with Crippen molar-refractivity contribution in [3.63, 3.8) is 0 Å². The first-order chi connectivity index (χ1) is 14.7. The third-order valence-electron chi connectivity index (χ3n) is 5.69. The van der Waals surface area contributed by atoms with Crippen LogP contribution in [0.25, 0.3) is 5.69 Å². The van der Waals surface area contributed by atoms with E-state index in [1.807, 2.05) is 48.1 Å². The summed E-state index contributed by atoms with van der Waals surface area (Å²) < 4.78 is 1.81. The molecule has 1 unspecified atom stereocenters. The lowest BCUT2D eigenvalue weighted by molar-refractivity contribution is 0.0914. The fourth-order valence-electron chi connectivity index (χ4n) is 4.12. The lowest BCUT2D eigenvalue weighted by Gasteiger charge is -2.30. The molecule has 0 saturated carbocycles. The number of likely N-dealkylation sites (tertiary alicyclic amines) is 1. The zero-order valence-corrected chi connectivity index (χ0v) is 17.6. The van der Waals surface area contributed by atoms with Crippen LogP contribution < -0.4 is 5.32 Å². The Morgan fingerprint density at radius 3 is 2.73 bits per heavy atom. The van der Waals surface area contributed by atoms with E-state index in [-0.39, 0.29) is 11.9 Å². The van der Waals surface area contributed by atoms with Crippen LogP contribution in [0.2, 0.25) is 0 Å². The highest BCUT2D eigenvalue weighted by atomic mass is 16.1. The molecule has 5 nitrogen and oxygen atoms in total. The summed E-state index contributed by atoms with van der Waals surface area (Å²) in [7, 11) is 0. The third kappa shape index (κ3) is 5.36. The van der Waals surface area contributed by atoms with Gasteiger partial charge in [0.1, 0.15) is 0 Å². The fraction of sp³-hybridized carbons (Fsp3) is 0.360. The molecule has 0 spiro atoms. The molecule has 5 heteroatoms. The average Bonchev–Trinajstić information content (AvgIpc) is 3.18. The number of carbonyl (C=O) groups is 1. The van der Waals surface area contributed by atoms with E-state index in [4.69, 9.17) is 0 Å². The van der Waals surface area contributed by atoms with Crippen molar-refractivity contribution < 1.29 is 4.79 Å². The molecule has 1 fully saturated rings. The van der Waals surface area contributed by atoms with Gasteiger partial charge in [-0.2, -0.15) is 5.10 Å². The highest BCUT2D eigenvalue weighted by Crippen LogP contribution is 2.16. The summed E-state index contributed by atoms with van der Waals surface area (Å²) in [5, 5.41) is 7.74. The summed E-state index contributed by atoms with van der Waals surface area (Å²) in [5.74, 6) is -0.00837. The van der Waals surface area contributed by atoms with E-state index in [0.29, 0.717) is 5.56 Å². The van der Waals surface area contributed by atoms with E-state index in [1.54, 1.807) is 0 Å². The maximum absolute atomic E-state index is 13.0. The largest absolute Gasteiger partial charge is 0.348 e. The van der Waals surface area contributed by atoms with Crippen LogP contribution in [0.15, 0.2) is 66.9 Å². The lowest BCUT2D eigenvalue weighted by Crippen LogP contribution is -2.44. The number of aryl methyl sites for hydroxylation is 1. The van der Waals surface area contributed by atoms with Crippen LogP contribution in [0, 0.1) is 6.92 Å². The summed E-state index contributed by atoms with van der Waals surface area (Å²) in [6, 6.07) is 20.4. The van der Waals surface area contributed by atoms with Crippen LogP contribution in [-0.4, -0.2) is 39.7 Å². The topological polar surface area (TPSA) is 50.2 Å². The van der Waals surface area contributed by atoms with Gasteiger partial charge >= 0.3 is 0 Å². The quantitative estimate of drug-likeness (QED) is 0.690. The molecule has 0 radical (unpaired) electrons. The highest BCUT2D eigenvalue weighted by Gasteiger charge is 2.20. The molecule has 4 rings (SSSR count). The molecule has 1 aromatic heterocycles. The van der Waals surface area contributed by atoms with Gasteiger partial charge < -0.3 is 5.32 Å². The second-order valence-electron chi connectivity index (χ2n) is 8.19. The number of nitrogens with one attached hydrogen (secondary N) is 1. The van der Waals surface area contributed by atoms with E-state index in [0.717, 1.165) is 43.9 Å². The van der Waals surface area contributed by atoms with Gasteiger partial charge in [0.25, 0.3) is 5.91 Å². The van der Waals surface area contributed by atoms with Gasteiger partial charge in [0.2, 0.25) is 0 Å². The zero-order valence-electron chi connectivity index (χ0n) is 17.6. The van der Waals surface area contributed by atoms with Gasteiger partial charge in [0, 0.05) is 30.9 Å². The van der Waals surface area contributed by atoms with Gasteiger partial charge in [-0.15, -0.1) is 0 Å². The molecule has 2 aromatic carbocycles. The average molecular weight is 403 g/mol. The molecule has 1 atom stereocenters. The minimum Gasteiger partial charge on any atom is -0.348 e. The lowest BCUT2D eigenvalue weighted by atomic mass is 10.0. The molecule has 1 amide bonds. The molecular weight excluding hydrogens is 372 g/mol. The van der Waals surface area contributed by atoms with E-state index in [2.05, 4.69) is 45.6 Å². The number of nitrogens with zero attached hydrogens (tertiary/aromatic N) is 3. The smallest absolute Gasteiger partial charge is 0.251 e. The molecule has 156 valence electrons. The minimum absolute atomic E-state index is 0.00837. The van der Waals surface area contributed by atoms with E-state index >= 15 is 0 Å².